The van der Waals surface area contributed by atoms with Gasteiger partial charge in [-0.05, 0) is 42.3 Å². The zero-order valence-corrected chi connectivity index (χ0v) is 14.3. The molecule has 2 aromatic heterocycles. The van der Waals surface area contributed by atoms with Gasteiger partial charge in [0, 0.05) is 24.7 Å². The number of nitrogens with two attached hydrogens (primary N) is 1. The van der Waals surface area contributed by atoms with Crippen molar-refractivity contribution >= 4 is 22.7 Å². The van der Waals surface area contributed by atoms with E-state index in [1.54, 1.807) is 11.1 Å². The molecule has 134 valence electrons. The molecule has 1 aromatic carbocycles. The molecule has 26 heavy (non-hydrogen) atoms. The van der Waals surface area contributed by atoms with Gasteiger partial charge in [-0.15, -0.1) is 0 Å². The Morgan fingerprint density at radius 1 is 1.31 bits per heavy atom. The van der Waals surface area contributed by atoms with Gasteiger partial charge in [0.05, 0.1) is 12.1 Å². The Labute approximate surface area is 148 Å². The zero-order valence-electron chi connectivity index (χ0n) is 14.3. The number of aromatic nitrogens is 2. The predicted octanol–water partition coefficient (Wildman–Crippen LogP) is 2.46. The van der Waals surface area contributed by atoms with Crippen LogP contribution in [0.15, 0.2) is 46.3 Å². The number of hydrogen-bond acceptors (Lipinski definition) is 3. The molecule has 0 amide bonds. The van der Waals surface area contributed by atoms with Crippen LogP contribution in [0.2, 0.25) is 0 Å². The van der Waals surface area contributed by atoms with Crippen molar-refractivity contribution in [2.24, 2.45) is 10.7 Å². The van der Waals surface area contributed by atoms with Crippen LogP contribution in [0, 0.1) is 18.6 Å². The van der Waals surface area contributed by atoms with Gasteiger partial charge in [0.25, 0.3) is 0 Å². The molecule has 0 radical (unpaired) electrons. The molecule has 0 bridgehead atoms. The number of pyridine rings is 2. The molecule has 0 saturated heterocycles. The molecule has 0 aliphatic carbocycles. The van der Waals surface area contributed by atoms with Gasteiger partial charge in [-0.1, -0.05) is 0 Å². The van der Waals surface area contributed by atoms with Crippen LogP contribution < -0.4 is 16.2 Å². The average Bonchev–Trinajstić information content (AvgIpc) is 2.62. The van der Waals surface area contributed by atoms with Crippen molar-refractivity contribution in [3.8, 4) is 0 Å². The van der Waals surface area contributed by atoms with Gasteiger partial charge in [0.15, 0.2) is 17.6 Å². The van der Waals surface area contributed by atoms with Crippen LogP contribution >= 0.6 is 0 Å². The van der Waals surface area contributed by atoms with Crippen LogP contribution in [0.3, 0.4) is 0 Å². The second kappa shape index (κ2) is 6.91. The predicted molar refractivity (Wildman–Crippen MR) is 97.2 cm³/mol. The number of fused-ring (bicyclic) bond motifs is 1. The van der Waals surface area contributed by atoms with E-state index >= 15 is 0 Å². The summed E-state index contributed by atoms with van der Waals surface area (Å²) in [6.45, 7) is 2.02. The molecule has 3 rings (SSSR count). The van der Waals surface area contributed by atoms with E-state index in [0.29, 0.717) is 16.8 Å². The van der Waals surface area contributed by atoms with E-state index in [4.69, 9.17) is 5.73 Å². The van der Waals surface area contributed by atoms with Gasteiger partial charge < -0.3 is 10.7 Å². The Kier molecular flexibility index (Phi) is 4.66. The van der Waals surface area contributed by atoms with E-state index in [1.165, 1.54) is 19.2 Å². The summed E-state index contributed by atoms with van der Waals surface area (Å²) in [6, 6.07) is 7.41. The van der Waals surface area contributed by atoms with Crippen LogP contribution in [0.1, 0.15) is 11.1 Å². The quantitative estimate of drug-likeness (QED) is 0.557. The third-order valence-electron chi connectivity index (χ3n) is 4.01. The molecular weight excluding hydrogens is 340 g/mol. The number of aromatic amines is 1. The third-order valence-corrected chi connectivity index (χ3v) is 4.01. The van der Waals surface area contributed by atoms with Crippen molar-refractivity contribution in [3.63, 3.8) is 0 Å². The van der Waals surface area contributed by atoms with E-state index in [2.05, 4.69) is 15.0 Å². The molecule has 0 spiro atoms. The van der Waals surface area contributed by atoms with Crippen LogP contribution in [0.25, 0.3) is 10.9 Å². The first kappa shape index (κ1) is 17.5. The summed E-state index contributed by atoms with van der Waals surface area (Å²) in [5.41, 5.74) is 6.71. The van der Waals surface area contributed by atoms with Crippen molar-refractivity contribution in [2.45, 2.75) is 13.5 Å². The van der Waals surface area contributed by atoms with E-state index in [9.17, 15) is 13.6 Å². The topological polar surface area (TPSA) is 87.4 Å². The Bertz CT molecular complexity index is 1060. The number of nitrogens with one attached hydrogen (secondary N) is 1. The minimum absolute atomic E-state index is 0.116. The minimum atomic E-state index is -1.10. The molecule has 0 aliphatic heterocycles. The molecule has 0 fully saturated rings. The van der Waals surface area contributed by atoms with Crippen LogP contribution in [0.5, 0.6) is 0 Å². The van der Waals surface area contributed by atoms with Crippen molar-refractivity contribution in [3.05, 3.63) is 69.6 Å². The first-order valence-corrected chi connectivity index (χ1v) is 7.83. The lowest BCUT2D eigenvalue weighted by atomic mass is 10.1. The highest BCUT2D eigenvalue weighted by atomic mass is 19.2. The van der Waals surface area contributed by atoms with Gasteiger partial charge in [-0.25, -0.2) is 13.8 Å². The standard InChI is InChI=1S/C18H17F2N5O/c1-10-5-6-23-14(7-10)25(18(21)22-2)9-11-8-15(26)24-17-12(11)3-4-13(19)16(17)20/h3-8H,9H2,1-2H3,(H2,21,22)(H,24,26). The molecule has 3 N–H and O–H groups in total. The second-order valence-electron chi connectivity index (χ2n) is 5.80. The van der Waals surface area contributed by atoms with Gasteiger partial charge in [0.2, 0.25) is 5.56 Å². The fraction of sp³-hybridized carbons (Fsp3) is 0.167. The fourth-order valence-electron chi connectivity index (χ4n) is 2.70. The number of rotatable bonds is 3. The number of H-pyrrole nitrogens is 1. The number of nitrogens with zero attached hydrogens (tertiary/aromatic N) is 3. The molecule has 8 heteroatoms. The number of halogens is 2. The van der Waals surface area contributed by atoms with Gasteiger partial charge >= 0.3 is 0 Å². The van der Waals surface area contributed by atoms with Crippen molar-refractivity contribution in [1.29, 1.82) is 0 Å². The Morgan fingerprint density at radius 3 is 2.77 bits per heavy atom. The van der Waals surface area contributed by atoms with E-state index in [1.807, 2.05) is 19.1 Å². The number of guanidine groups is 1. The summed E-state index contributed by atoms with van der Waals surface area (Å²) in [5.74, 6) is -1.42. The lowest BCUT2D eigenvalue weighted by Gasteiger charge is -2.23. The largest absolute Gasteiger partial charge is 0.369 e. The molecule has 0 atom stereocenters. The van der Waals surface area contributed by atoms with Gasteiger partial charge in [0.1, 0.15) is 5.82 Å². The molecule has 6 nitrogen and oxygen atoms in total. The summed E-state index contributed by atoms with van der Waals surface area (Å²) in [4.78, 5) is 24.1. The maximum atomic E-state index is 14.1. The molecule has 2 heterocycles. The van der Waals surface area contributed by atoms with Gasteiger partial charge in [-0.3, -0.25) is 14.7 Å². The summed E-state index contributed by atoms with van der Waals surface area (Å²) in [5, 5.41) is 0.380. The fourth-order valence-corrected chi connectivity index (χ4v) is 2.70. The summed E-state index contributed by atoms with van der Waals surface area (Å²) >= 11 is 0. The van der Waals surface area contributed by atoms with Crippen molar-refractivity contribution in [1.82, 2.24) is 9.97 Å². The second-order valence-corrected chi connectivity index (χ2v) is 5.80. The number of aryl methyl sites for hydroxylation is 1. The average molecular weight is 357 g/mol. The Hall–Kier alpha value is -3.29. The van der Waals surface area contributed by atoms with Crippen LogP contribution in [0.4, 0.5) is 14.6 Å². The Balaban J connectivity index is 2.16. The summed E-state index contributed by atoms with van der Waals surface area (Å²) in [6.07, 6.45) is 1.63. The number of aliphatic imine (C=N–C) groups is 1. The monoisotopic (exact) mass is 357 g/mol. The van der Waals surface area contributed by atoms with Crippen molar-refractivity contribution in [2.75, 3.05) is 11.9 Å². The van der Waals surface area contributed by atoms with E-state index < -0.39 is 17.2 Å². The van der Waals surface area contributed by atoms with Crippen LogP contribution in [-0.2, 0) is 6.54 Å². The van der Waals surface area contributed by atoms with Crippen LogP contribution in [-0.4, -0.2) is 23.0 Å². The number of hydrogen-bond donors (Lipinski definition) is 2. The first-order chi connectivity index (χ1) is 12.4. The third kappa shape index (κ3) is 3.26. The zero-order chi connectivity index (χ0) is 18.8. The maximum absolute atomic E-state index is 14.1. The first-order valence-electron chi connectivity index (χ1n) is 7.83. The van der Waals surface area contributed by atoms with E-state index in [-0.39, 0.29) is 18.0 Å². The molecule has 0 unspecified atom stereocenters. The van der Waals surface area contributed by atoms with E-state index in [0.717, 1.165) is 11.6 Å². The molecule has 3 aromatic rings. The molecular formula is C18H17F2N5O. The molecule has 0 aliphatic rings. The highest BCUT2D eigenvalue weighted by molar-refractivity contribution is 5.94. The normalized spacial score (nSPS) is 11.8. The summed E-state index contributed by atoms with van der Waals surface area (Å²) < 4.78 is 27.6. The lowest BCUT2D eigenvalue weighted by Crippen LogP contribution is -2.37. The Morgan fingerprint density at radius 2 is 2.08 bits per heavy atom. The highest BCUT2D eigenvalue weighted by Crippen LogP contribution is 2.23. The molecule has 0 saturated carbocycles. The van der Waals surface area contributed by atoms with Crippen molar-refractivity contribution < 1.29 is 8.78 Å². The number of benzene rings is 1. The number of anilines is 1. The van der Waals surface area contributed by atoms with Gasteiger partial charge in [-0.2, -0.15) is 0 Å². The SMILES string of the molecule is CN=C(N)N(Cc1cc(=O)[nH]c2c(F)c(F)ccc12)c1cc(C)ccn1. The smallest absolute Gasteiger partial charge is 0.248 e. The summed E-state index contributed by atoms with van der Waals surface area (Å²) in [7, 11) is 1.53. The lowest BCUT2D eigenvalue weighted by molar-refractivity contribution is 0.515. The maximum Gasteiger partial charge on any atom is 0.248 e. The minimum Gasteiger partial charge on any atom is -0.369 e. The highest BCUT2D eigenvalue weighted by Gasteiger charge is 2.17.